The van der Waals surface area contributed by atoms with Crippen LogP contribution in [0.2, 0.25) is 0 Å². The van der Waals surface area contributed by atoms with Gasteiger partial charge in [0.15, 0.2) is 0 Å². The molecule has 2 rings (SSSR count). The number of nitrogens with zero attached hydrogens (tertiary/aromatic N) is 1. The third-order valence-electron chi connectivity index (χ3n) is 4.07. The lowest BCUT2D eigenvalue weighted by molar-refractivity contribution is -0.0244. The molecule has 0 spiro atoms. The van der Waals surface area contributed by atoms with E-state index in [1.165, 1.54) is 0 Å². The molecule has 1 aliphatic rings. The van der Waals surface area contributed by atoms with E-state index in [4.69, 9.17) is 5.26 Å². The summed E-state index contributed by atoms with van der Waals surface area (Å²) in [6, 6.07) is 4.05. The van der Waals surface area contributed by atoms with Crippen LogP contribution in [-0.2, 0) is 6.54 Å². The van der Waals surface area contributed by atoms with E-state index in [0.717, 1.165) is 42.7 Å². The number of rotatable bonds is 4. The zero-order valence-corrected chi connectivity index (χ0v) is 12.5. The maximum Gasteiger partial charge on any atom is 0.100 e. The molecular weight excluding hydrogens is 256 g/mol. The molecule has 1 heterocycles. The van der Waals surface area contributed by atoms with E-state index in [9.17, 15) is 5.11 Å². The Morgan fingerprint density at radius 3 is 2.63 bits per heavy atom. The summed E-state index contributed by atoms with van der Waals surface area (Å²) in [6.45, 7) is 5.92. The van der Waals surface area contributed by atoms with Crippen LogP contribution in [0.3, 0.4) is 0 Å². The summed E-state index contributed by atoms with van der Waals surface area (Å²) in [4.78, 5) is 1.15. The van der Waals surface area contributed by atoms with Crippen molar-refractivity contribution in [3.05, 3.63) is 21.9 Å². The second-order valence-corrected chi connectivity index (χ2v) is 7.40. The van der Waals surface area contributed by atoms with E-state index in [0.29, 0.717) is 12.0 Å². The summed E-state index contributed by atoms with van der Waals surface area (Å²) >= 11 is 1.59. The fraction of sp³-hybridized carbons (Fsp3) is 0.667. The van der Waals surface area contributed by atoms with Crippen molar-refractivity contribution >= 4 is 11.3 Å². The largest absolute Gasteiger partial charge is 0.389 e. The van der Waals surface area contributed by atoms with E-state index in [2.05, 4.69) is 25.2 Å². The molecule has 4 heteroatoms. The normalized spacial score (nSPS) is 20.9. The molecule has 3 nitrogen and oxygen atoms in total. The predicted molar refractivity (Wildman–Crippen MR) is 77.9 cm³/mol. The number of thiophene rings is 1. The van der Waals surface area contributed by atoms with Crippen molar-refractivity contribution in [3.63, 3.8) is 0 Å². The Bertz CT molecular complexity index is 463. The minimum atomic E-state index is -0.551. The fourth-order valence-electron chi connectivity index (χ4n) is 2.52. The van der Waals surface area contributed by atoms with Crippen molar-refractivity contribution in [2.75, 3.05) is 6.54 Å². The summed E-state index contributed by atoms with van der Waals surface area (Å²) in [6.07, 6.45) is 3.92. The van der Waals surface area contributed by atoms with Gasteiger partial charge in [0.25, 0.3) is 0 Å². The fourth-order valence-corrected chi connectivity index (χ4v) is 3.30. The van der Waals surface area contributed by atoms with E-state index in [1.54, 1.807) is 11.3 Å². The minimum absolute atomic E-state index is 0.377. The first kappa shape index (κ1) is 14.5. The molecule has 19 heavy (non-hydrogen) atoms. The molecule has 1 saturated carbocycles. The van der Waals surface area contributed by atoms with Crippen molar-refractivity contribution in [2.24, 2.45) is 5.41 Å². The topological polar surface area (TPSA) is 56.0 Å². The van der Waals surface area contributed by atoms with Crippen LogP contribution in [0.5, 0.6) is 0 Å². The summed E-state index contributed by atoms with van der Waals surface area (Å²) in [5, 5.41) is 24.5. The van der Waals surface area contributed by atoms with E-state index >= 15 is 0 Å². The molecule has 0 unspecified atom stereocenters. The Labute approximate surface area is 119 Å². The molecule has 1 aromatic heterocycles. The van der Waals surface area contributed by atoms with Crippen LogP contribution in [0.15, 0.2) is 11.4 Å². The average Bonchev–Trinajstić information content (AvgIpc) is 2.82. The molecule has 0 aromatic carbocycles. The monoisotopic (exact) mass is 278 g/mol. The molecule has 1 fully saturated rings. The second kappa shape index (κ2) is 5.62. The summed E-state index contributed by atoms with van der Waals surface area (Å²) < 4.78 is 0. The molecule has 0 radical (unpaired) electrons. The van der Waals surface area contributed by atoms with Gasteiger partial charge in [0, 0.05) is 23.3 Å². The standard InChI is InChI=1S/C15H22N2OS/c1-14(2)3-5-15(18,6-4-14)11-17-9-13-7-12(8-16)10-19-13/h7,10,17-18H,3-6,9,11H2,1-2H3. The molecular formula is C15H22N2OS. The highest BCUT2D eigenvalue weighted by Gasteiger charge is 2.36. The second-order valence-electron chi connectivity index (χ2n) is 6.41. The van der Waals surface area contributed by atoms with Crippen molar-refractivity contribution < 1.29 is 5.11 Å². The van der Waals surface area contributed by atoms with Gasteiger partial charge in [-0.1, -0.05) is 13.8 Å². The maximum atomic E-state index is 10.5. The summed E-state index contributed by atoms with van der Waals surface area (Å²) in [5.74, 6) is 0. The van der Waals surface area contributed by atoms with Gasteiger partial charge in [-0.15, -0.1) is 11.3 Å². The first-order chi connectivity index (χ1) is 8.92. The first-order valence-corrected chi connectivity index (χ1v) is 7.71. The molecule has 104 valence electrons. The Kier molecular flexibility index (Phi) is 4.29. The van der Waals surface area contributed by atoms with Crippen LogP contribution in [0.25, 0.3) is 0 Å². The number of nitriles is 1. The zero-order valence-electron chi connectivity index (χ0n) is 11.7. The van der Waals surface area contributed by atoms with Crippen LogP contribution < -0.4 is 5.32 Å². The maximum absolute atomic E-state index is 10.5. The summed E-state index contributed by atoms with van der Waals surface area (Å²) in [7, 11) is 0. The molecule has 0 saturated heterocycles. The minimum Gasteiger partial charge on any atom is -0.389 e. The van der Waals surface area contributed by atoms with Crippen LogP contribution in [0, 0.1) is 16.7 Å². The highest BCUT2D eigenvalue weighted by Crippen LogP contribution is 2.39. The van der Waals surface area contributed by atoms with Crippen LogP contribution >= 0.6 is 11.3 Å². The van der Waals surface area contributed by atoms with E-state index in [-0.39, 0.29) is 0 Å². The van der Waals surface area contributed by atoms with E-state index in [1.807, 2.05) is 11.4 Å². The van der Waals surface area contributed by atoms with Gasteiger partial charge < -0.3 is 10.4 Å². The van der Waals surface area contributed by atoms with Gasteiger partial charge in [-0.25, -0.2) is 0 Å². The smallest absolute Gasteiger partial charge is 0.100 e. The highest BCUT2D eigenvalue weighted by molar-refractivity contribution is 7.10. The molecule has 0 aliphatic heterocycles. The van der Waals surface area contributed by atoms with Crippen molar-refractivity contribution in [1.29, 1.82) is 5.26 Å². The SMILES string of the molecule is CC1(C)CCC(O)(CNCc2cc(C#N)cs2)CC1. The number of aliphatic hydroxyl groups is 1. The van der Waals surface area contributed by atoms with Crippen LogP contribution in [0.4, 0.5) is 0 Å². The first-order valence-electron chi connectivity index (χ1n) is 6.83. The number of hydrogen-bond donors (Lipinski definition) is 2. The Hall–Kier alpha value is -0.890. The number of hydrogen-bond acceptors (Lipinski definition) is 4. The van der Waals surface area contributed by atoms with Gasteiger partial charge in [0.05, 0.1) is 11.2 Å². The van der Waals surface area contributed by atoms with Crippen molar-refractivity contribution in [1.82, 2.24) is 5.32 Å². The number of nitrogens with one attached hydrogen (secondary N) is 1. The Balaban J connectivity index is 1.78. The lowest BCUT2D eigenvalue weighted by Gasteiger charge is -2.40. The third-order valence-corrected chi connectivity index (χ3v) is 5.01. The van der Waals surface area contributed by atoms with E-state index < -0.39 is 5.60 Å². The van der Waals surface area contributed by atoms with Gasteiger partial charge in [0.2, 0.25) is 0 Å². The molecule has 2 N–H and O–H groups in total. The molecule has 1 aliphatic carbocycles. The third kappa shape index (κ3) is 4.04. The van der Waals surface area contributed by atoms with Crippen molar-refractivity contribution in [3.8, 4) is 6.07 Å². The molecule has 1 aromatic rings. The van der Waals surface area contributed by atoms with Crippen LogP contribution in [-0.4, -0.2) is 17.3 Å². The van der Waals surface area contributed by atoms with Gasteiger partial charge in [-0.2, -0.15) is 5.26 Å². The summed E-state index contributed by atoms with van der Waals surface area (Å²) in [5.41, 5.74) is 0.548. The molecule has 0 bridgehead atoms. The highest BCUT2D eigenvalue weighted by atomic mass is 32.1. The Morgan fingerprint density at radius 2 is 2.05 bits per heavy atom. The quantitative estimate of drug-likeness (QED) is 0.890. The van der Waals surface area contributed by atoms with Crippen molar-refractivity contribution in [2.45, 2.75) is 51.7 Å². The van der Waals surface area contributed by atoms with Gasteiger partial charge in [-0.3, -0.25) is 0 Å². The average molecular weight is 278 g/mol. The molecule has 0 atom stereocenters. The predicted octanol–water partition coefficient (Wildman–Crippen LogP) is 3.04. The molecule has 0 amide bonds. The lowest BCUT2D eigenvalue weighted by atomic mass is 9.71. The van der Waals surface area contributed by atoms with Gasteiger partial charge in [-0.05, 0) is 37.2 Å². The zero-order chi connectivity index (χ0) is 13.9. The van der Waals surface area contributed by atoms with Gasteiger partial charge >= 0.3 is 0 Å². The Morgan fingerprint density at radius 1 is 1.37 bits per heavy atom. The van der Waals surface area contributed by atoms with Crippen LogP contribution in [0.1, 0.15) is 50.0 Å². The lowest BCUT2D eigenvalue weighted by Crippen LogP contribution is -2.44. The van der Waals surface area contributed by atoms with Gasteiger partial charge in [0.1, 0.15) is 6.07 Å².